The zero-order chi connectivity index (χ0) is 15.9. The van der Waals surface area contributed by atoms with E-state index in [1.807, 2.05) is 0 Å². The molecular weight excluding hydrogens is 288 g/mol. The highest BCUT2D eigenvalue weighted by molar-refractivity contribution is 5.76. The van der Waals surface area contributed by atoms with Gasteiger partial charge >= 0.3 is 0 Å². The van der Waals surface area contributed by atoms with Gasteiger partial charge in [-0.15, -0.1) is 0 Å². The van der Waals surface area contributed by atoms with Crippen molar-refractivity contribution in [3.63, 3.8) is 0 Å². The van der Waals surface area contributed by atoms with Crippen molar-refractivity contribution >= 4 is 5.91 Å². The molecule has 1 aromatic heterocycles. The van der Waals surface area contributed by atoms with E-state index in [1.54, 1.807) is 6.92 Å². The Morgan fingerprint density at radius 2 is 2.23 bits per heavy atom. The van der Waals surface area contributed by atoms with E-state index in [9.17, 15) is 13.6 Å². The van der Waals surface area contributed by atoms with Gasteiger partial charge in [0.05, 0.1) is 0 Å². The Morgan fingerprint density at radius 1 is 1.45 bits per heavy atom. The van der Waals surface area contributed by atoms with Crippen molar-refractivity contribution in [1.29, 1.82) is 0 Å². The van der Waals surface area contributed by atoms with Crippen molar-refractivity contribution in [2.24, 2.45) is 17.8 Å². The maximum Gasteiger partial charge on any atom is 0.282 e. The smallest absolute Gasteiger partial charge is 0.282 e. The molecule has 6 heteroatoms. The molecule has 0 spiro atoms. The van der Waals surface area contributed by atoms with Gasteiger partial charge in [0.1, 0.15) is 12.2 Å². The molecule has 1 heterocycles. The van der Waals surface area contributed by atoms with Gasteiger partial charge in [-0.2, -0.15) is 5.10 Å². The number of nitrogens with one attached hydrogen (secondary N) is 1. The Hall–Kier alpha value is -1.46. The van der Waals surface area contributed by atoms with Crippen molar-refractivity contribution in [1.82, 2.24) is 15.1 Å². The number of amides is 1. The number of aromatic nitrogens is 2. The van der Waals surface area contributed by atoms with Gasteiger partial charge in [-0.3, -0.25) is 9.48 Å². The van der Waals surface area contributed by atoms with Crippen LogP contribution in [-0.2, 0) is 11.3 Å². The largest absolute Gasteiger partial charge is 0.352 e. The van der Waals surface area contributed by atoms with Crippen molar-refractivity contribution in [2.45, 2.75) is 58.5 Å². The number of carbonyl (C=O) groups is 1. The van der Waals surface area contributed by atoms with E-state index in [0.29, 0.717) is 11.6 Å². The summed E-state index contributed by atoms with van der Waals surface area (Å²) in [5.74, 6) is 2.01. The first-order valence-electron chi connectivity index (χ1n) is 8.06. The summed E-state index contributed by atoms with van der Waals surface area (Å²) in [5, 5.41) is 6.83. The molecule has 1 aromatic rings. The number of rotatable bonds is 5. The van der Waals surface area contributed by atoms with E-state index in [4.69, 9.17) is 0 Å². The third kappa shape index (κ3) is 3.01. The lowest BCUT2D eigenvalue weighted by Crippen LogP contribution is -2.41. The first kappa shape index (κ1) is 15.4. The number of aryl methyl sites for hydroxylation is 1. The Bertz CT molecular complexity index is 558. The number of fused-ring (bicyclic) bond motifs is 2. The average molecular weight is 311 g/mol. The van der Waals surface area contributed by atoms with E-state index in [1.165, 1.54) is 36.4 Å². The third-order valence-corrected chi connectivity index (χ3v) is 5.34. The molecule has 1 amide bonds. The molecule has 22 heavy (non-hydrogen) atoms. The Labute approximate surface area is 129 Å². The minimum absolute atomic E-state index is 0.00368. The normalized spacial score (nSPS) is 28.3. The van der Waals surface area contributed by atoms with Gasteiger partial charge in [-0.05, 0) is 56.9 Å². The zero-order valence-corrected chi connectivity index (χ0v) is 13.1. The second-order valence-electron chi connectivity index (χ2n) is 6.86. The van der Waals surface area contributed by atoms with E-state index in [-0.39, 0.29) is 24.2 Å². The fraction of sp³-hybridized carbons (Fsp3) is 0.750. The number of hydrogen-bond acceptors (Lipinski definition) is 2. The first-order valence-corrected chi connectivity index (χ1v) is 8.06. The molecule has 3 rings (SSSR count). The minimum atomic E-state index is -2.60. The van der Waals surface area contributed by atoms with Gasteiger partial charge in [0.25, 0.3) is 6.43 Å². The lowest BCUT2D eigenvalue weighted by Gasteiger charge is -2.28. The van der Waals surface area contributed by atoms with Crippen LogP contribution >= 0.6 is 0 Å². The van der Waals surface area contributed by atoms with Crippen molar-refractivity contribution in [3.05, 3.63) is 17.5 Å². The molecule has 0 radical (unpaired) electrons. The van der Waals surface area contributed by atoms with Gasteiger partial charge in [-0.1, -0.05) is 6.42 Å². The van der Waals surface area contributed by atoms with Crippen LogP contribution in [-0.4, -0.2) is 21.7 Å². The van der Waals surface area contributed by atoms with Crippen LogP contribution in [0.2, 0.25) is 0 Å². The average Bonchev–Trinajstić information content (AvgIpc) is 3.14. The lowest BCUT2D eigenvalue weighted by molar-refractivity contribution is -0.123. The molecule has 0 aliphatic heterocycles. The van der Waals surface area contributed by atoms with Crippen LogP contribution < -0.4 is 5.32 Å². The SMILES string of the molecule is Cc1cc(C(F)F)nn1CC(=O)N[C@@H](C)[C@@H]1C[C@H]2CC[C@H]1C2. The van der Waals surface area contributed by atoms with E-state index in [0.717, 1.165) is 11.8 Å². The van der Waals surface area contributed by atoms with Crippen LogP contribution in [0.3, 0.4) is 0 Å². The first-order chi connectivity index (χ1) is 10.4. The third-order valence-electron chi connectivity index (χ3n) is 5.34. The summed E-state index contributed by atoms with van der Waals surface area (Å²) in [6, 6.07) is 1.48. The molecule has 122 valence electrons. The maximum absolute atomic E-state index is 12.6. The number of alkyl halides is 2. The predicted octanol–water partition coefficient (Wildman–Crippen LogP) is 3.07. The summed E-state index contributed by atoms with van der Waals surface area (Å²) >= 11 is 0. The number of halogens is 2. The summed E-state index contributed by atoms with van der Waals surface area (Å²) in [4.78, 5) is 12.2. The van der Waals surface area contributed by atoms with Gasteiger partial charge in [-0.25, -0.2) is 8.78 Å². The summed E-state index contributed by atoms with van der Waals surface area (Å²) in [5.41, 5.74) is 0.310. The van der Waals surface area contributed by atoms with Gasteiger partial charge < -0.3 is 5.32 Å². The predicted molar refractivity (Wildman–Crippen MR) is 78.5 cm³/mol. The van der Waals surface area contributed by atoms with Crippen molar-refractivity contribution < 1.29 is 13.6 Å². The van der Waals surface area contributed by atoms with E-state index in [2.05, 4.69) is 17.3 Å². The Kier molecular flexibility index (Phi) is 4.19. The number of hydrogen-bond donors (Lipinski definition) is 1. The van der Waals surface area contributed by atoms with Gasteiger partial charge in [0, 0.05) is 11.7 Å². The number of carbonyl (C=O) groups excluding carboxylic acids is 1. The quantitative estimate of drug-likeness (QED) is 0.908. The zero-order valence-electron chi connectivity index (χ0n) is 13.1. The molecule has 4 nitrogen and oxygen atoms in total. The molecule has 0 aromatic carbocycles. The fourth-order valence-corrected chi connectivity index (χ4v) is 4.25. The summed E-state index contributed by atoms with van der Waals surface area (Å²) < 4.78 is 26.6. The van der Waals surface area contributed by atoms with Crippen LogP contribution in [0.15, 0.2) is 6.07 Å². The molecule has 0 saturated heterocycles. The highest BCUT2D eigenvalue weighted by Crippen LogP contribution is 2.49. The number of nitrogens with zero attached hydrogens (tertiary/aromatic N) is 2. The molecule has 4 atom stereocenters. The molecule has 2 saturated carbocycles. The summed E-state index contributed by atoms with van der Waals surface area (Å²) in [6.45, 7) is 3.75. The standard InChI is InChI=1S/C16H23F2N3O/c1-9-5-14(16(17)18)20-21(9)8-15(22)19-10(2)13-7-11-3-4-12(13)6-11/h5,10-13,16H,3-4,6-8H2,1-2H3,(H,19,22)/t10-,11-,12-,13-/m0/s1. The Morgan fingerprint density at radius 3 is 2.77 bits per heavy atom. The van der Waals surface area contributed by atoms with Crippen LogP contribution in [0.25, 0.3) is 0 Å². The second-order valence-corrected chi connectivity index (χ2v) is 6.86. The fourth-order valence-electron chi connectivity index (χ4n) is 4.25. The molecule has 2 aliphatic carbocycles. The monoisotopic (exact) mass is 311 g/mol. The highest BCUT2D eigenvalue weighted by Gasteiger charge is 2.42. The molecule has 1 N–H and O–H groups in total. The van der Waals surface area contributed by atoms with E-state index < -0.39 is 6.43 Å². The molecule has 0 unspecified atom stereocenters. The van der Waals surface area contributed by atoms with Crippen LogP contribution in [0.1, 0.15) is 50.4 Å². The lowest BCUT2D eigenvalue weighted by atomic mass is 9.84. The van der Waals surface area contributed by atoms with Crippen molar-refractivity contribution in [2.75, 3.05) is 0 Å². The molecule has 2 fully saturated rings. The highest BCUT2D eigenvalue weighted by atomic mass is 19.3. The molecular formula is C16H23F2N3O. The van der Waals surface area contributed by atoms with Gasteiger partial charge in [0.15, 0.2) is 0 Å². The van der Waals surface area contributed by atoms with Crippen LogP contribution in [0.5, 0.6) is 0 Å². The molecule has 2 bridgehead atoms. The molecule has 2 aliphatic rings. The second kappa shape index (κ2) is 5.97. The summed E-state index contributed by atoms with van der Waals surface area (Å²) in [6.07, 6.45) is 2.54. The van der Waals surface area contributed by atoms with Crippen LogP contribution in [0, 0.1) is 24.7 Å². The van der Waals surface area contributed by atoms with Crippen molar-refractivity contribution in [3.8, 4) is 0 Å². The van der Waals surface area contributed by atoms with Crippen LogP contribution in [0.4, 0.5) is 8.78 Å². The summed E-state index contributed by atoms with van der Waals surface area (Å²) in [7, 11) is 0. The topological polar surface area (TPSA) is 46.9 Å². The Balaban J connectivity index is 1.56. The van der Waals surface area contributed by atoms with Gasteiger partial charge in [0.2, 0.25) is 5.91 Å². The van der Waals surface area contributed by atoms with E-state index >= 15 is 0 Å². The maximum atomic E-state index is 12.6. The minimum Gasteiger partial charge on any atom is -0.352 e.